The van der Waals surface area contributed by atoms with Gasteiger partial charge in [-0.3, -0.25) is 0 Å². The summed E-state index contributed by atoms with van der Waals surface area (Å²) in [7, 11) is 1.48. The zero-order valence-corrected chi connectivity index (χ0v) is 17.6. The van der Waals surface area contributed by atoms with Crippen molar-refractivity contribution in [3.05, 3.63) is 75.2 Å². The van der Waals surface area contributed by atoms with Crippen molar-refractivity contribution in [3.63, 3.8) is 0 Å². The lowest BCUT2D eigenvalue weighted by atomic mass is 9.92. The molecule has 7 nitrogen and oxygen atoms in total. The fourth-order valence-electron chi connectivity index (χ4n) is 3.84. The number of hydrogen-bond donors (Lipinski definition) is 1. The Bertz CT molecular complexity index is 1240. The monoisotopic (exact) mass is 445 g/mol. The molecule has 2 aromatic carbocycles. The van der Waals surface area contributed by atoms with Crippen molar-refractivity contribution >= 4 is 11.3 Å². The van der Waals surface area contributed by atoms with Crippen LogP contribution in [0.2, 0.25) is 0 Å². The molecule has 0 unspecified atom stereocenters. The van der Waals surface area contributed by atoms with Gasteiger partial charge in [-0.25, -0.2) is 4.79 Å². The van der Waals surface area contributed by atoms with Gasteiger partial charge in [-0.2, -0.15) is 28.4 Å². The Balaban J connectivity index is 2.00. The van der Waals surface area contributed by atoms with E-state index in [1.165, 1.54) is 13.1 Å². The van der Waals surface area contributed by atoms with E-state index in [2.05, 4.69) is 10.4 Å². The number of benzene rings is 2. The normalized spacial score (nSPS) is 14.9. The van der Waals surface area contributed by atoms with Gasteiger partial charge in [0, 0.05) is 18.2 Å². The van der Waals surface area contributed by atoms with Crippen molar-refractivity contribution in [1.29, 1.82) is 0 Å². The Labute approximate surface area is 181 Å². The lowest BCUT2D eigenvalue weighted by Crippen LogP contribution is -2.23. The van der Waals surface area contributed by atoms with Gasteiger partial charge < -0.3 is 4.84 Å². The summed E-state index contributed by atoms with van der Waals surface area (Å²) in [6, 6.07) is 10.4. The molecule has 0 saturated heterocycles. The Morgan fingerprint density at radius 3 is 2.47 bits per heavy atom. The summed E-state index contributed by atoms with van der Waals surface area (Å²) in [6.45, 7) is 1.81. The van der Waals surface area contributed by atoms with E-state index < -0.39 is 17.4 Å². The Morgan fingerprint density at radius 2 is 1.91 bits per heavy atom. The van der Waals surface area contributed by atoms with Gasteiger partial charge in [-0.1, -0.05) is 31.2 Å². The molecule has 3 aromatic rings. The van der Waals surface area contributed by atoms with Crippen LogP contribution in [0.1, 0.15) is 54.4 Å². The van der Waals surface area contributed by atoms with Crippen molar-refractivity contribution in [2.75, 3.05) is 0 Å². The molecule has 1 heterocycles. The fourth-order valence-corrected chi connectivity index (χ4v) is 3.84. The molecule has 10 heteroatoms. The number of halogens is 3. The van der Waals surface area contributed by atoms with Crippen LogP contribution in [0.25, 0.3) is 17.0 Å². The third-order valence-corrected chi connectivity index (χ3v) is 5.55. The zero-order chi connectivity index (χ0) is 23.0. The standard InChI is InChI=1S/C22H22F3N5O2/c1-3-16(14-6-4-7-15(12-14)22(23,24)25)20(32-26)19-17(13-10-11-13)8-5-9-18(19)30-21(31)29(2)27-28-30/h4-9,12-13H,3,10-11,26H2,1-2H3/b20-16+. The van der Waals surface area contributed by atoms with Gasteiger partial charge in [0.15, 0.2) is 5.76 Å². The average molecular weight is 445 g/mol. The van der Waals surface area contributed by atoms with E-state index in [4.69, 9.17) is 10.7 Å². The smallest absolute Gasteiger partial charge is 0.410 e. The number of aryl methyl sites for hydroxylation is 1. The van der Waals surface area contributed by atoms with E-state index in [1.807, 2.05) is 13.0 Å². The van der Waals surface area contributed by atoms with Crippen molar-refractivity contribution in [3.8, 4) is 5.69 Å². The molecule has 1 saturated carbocycles. The van der Waals surface area contributed by atoms with E-state index in [9.17, 15) is 18.0 Å². The summed E-state index contributed by atoms with van der Waals surface area (Å²) in [6.07, 6.45) is -2.23. The molecule has 4 rings (SSSR count). The van der Waals surface area contributed by atoms with Crippen molar-refractivity contribution in [2.24, 2.45) is 12.9 Å². The number of hydrogen-bond acceptors (Lipinski definition) is 5. The summed E-state index contributed by atoms with van der Waals surface area (Å²) >= 11 is 0. The van der Waals surface area contributed by atoms with Crippen molar-refractivity contribution < 1.29 is 18.0 Å². The number of aromatic nitrogens is 4. The van der Waals surface area contributed by atoms with Crippen molar-refractivity contribution in [2.45, 2.75) is 38.3 Å². The molecule has 0 aliphatic heterocycles. The highest BCUT2D eigenvalue weighted by atomic mass is 19.4. The molecular formula is C22H22F3N5O2. The molecule has 0 bridgehead atoms. The van der Waals surface area contributed by atoms with Crippen molar-refractivity contribution in [1.82, 2.24) is 19.8 Å². The number of allylic oxidation sites excluding steroid dienone is 1. The van der Waals surface area contributed by atoms with Gasteiger partial charge in [0.2, 0.25) is 0 Å². The van der Waals surface area contributed by atoms with E-state index in [0.717, 1.165) is 39.9 Å². The first-order valence-electron chi connectivity index (χ1n) is 10.2. The number of nitrogens with two attached hydrogens (primary N) is 1. The highest BCUT2D eigenvalue weighted by Crippen LogP contribution is 2.46. The quantitative estimate of drug-likeness (QED) is 0.352. The molecule has 0 spiro atoms. The summed E-state index contributed by atoms with van der Waals surface area (Å²) in [5, 5.41) is 7.71. The van der Waals surface area contributed by atoms with E-state index in [0.29, 0.717) is 28.8 Å². The maximum atomic E-state index is 13.3. The van der Waals surface area contributed by atoms with Gasteiger partial charge >= 0.3 is 11.9 Å². The minimum absolute atomic E-state index is 0.210. The lowest BCUT2D eigenvalue weighted by molar-refractivity contribution is -0.137. The van der Waals surface area contributed by atoms with Crippen LogP contribution in [0, 0.1) is 0 Å². The second-order valence-electron chi connectivity index (χ2n) is 7.67. The Morgan fingerprint density at radius 1 is 1.19 bits per heavy atom. The van der Waals surface area contributed by atoms with Crippen LogP contribution >= 0.6 is 0 Å². The van der Waals surface area contributed by atoms with E-state index >= 15 is 0 Å². The first kappa shape index (κ1) is 21.8. The highest BCUT2D eigenvalue weighted by Gasteiger charge is 2.33. The Hall–Kier alpha value is -3.40. The van der Waals surface area contributed by atoms with Crippen LogP contribution in [-0.4, -0.2) is 19.8 Å². The largest absolute Gasteiger partial charge is 0.416 e. The van der Waals surface area contributed by atoms with Crippen LogP contribution in [0.15, 0.2) is 47.3 Å². The molecule has 168 valence electrons. The molecule has 1 fully saturated rings. The van der Waals surface area contributed by atoms with Crippen LogP contribution in [0.3, 0.4) is 0 Å². The van der Waals surface area contributed by atoms with Gasteiger partial charge in [0.1, 0.15) is 0 Å². The molecule has 1 aromatic heterocycles. The lowest BCUT2D eigenvalue weighted by Gasteiger charge is -2.19. The molecular weight excluding hydrogens is 423 g/mol. The van der Waals surface area contributed by atoms with Crippen LogP contribution in [0.5, 0.6) is 0 Å². The molecule has 1 aliphatic rings. The summed E-state index contributed by atoms with van der Waals surface area (Å²) in [5.74, 6) is 6.16. The zero-order valence-electron chi connectivity index (χ0n) is 17.6. The highest BCUT2D eigenvalue weighted by molar-refractivity contribution is 5.91. The van der Waals surface area contributed by atoms with Crippen LogP contribution in [0.4, 0.5) is 13.2 Å². The number of alkyl halides is 3. The average Bonchev–Trinajstić information content (AvgIpc) is 3.57. The number of nitrogens with zero attached hydrogens (tertiary/aromatic N) is 4. The second-order valence-corrected chi connectivity index (χ2v) is 7.67. The van der Waals surface area contributed by atoms with Crippen LogP contribution < -0.4 is 11.6 Å². The fraction of sp³-hybridized carbons (Fsp3) is 0.318. The first-order valence-corrected chi connectivity index (χ1v) is 10.2. The summed E-state index contributed by atoms with van der Waals surface area (Å²) in [5.41, 5.74) is 1.44. The Kier molecular flexibility index (Phi) is 5.64. The molecule has 32 heavy (non-hydrogen) atoms. The summed E-state index contributed by atoms with van der Waals surface area (Å²) < 4.78 is 42.2. The van der Waals surface area contributed by atoms with Gasteiger partial charge in [-0.05, 0) is 64.9 Å². The second kappa shape index (κ2) is 8.27. The van der Waals surface area contributed by atoms with Gasteiger partial charge in [0.05, 0.1) is 11.3 Å². The molecule has 0 amide bonds. The van der Waals surface area contributed by atoms with E-state index in [1.54, 1.807) is 18.2 Å². The molecule has 0 radical (unpaired) electrons. The predicted octanol–water partition coefficient (Wildman–Crippen LogP) is 4.03. The van der Waals surface area contributed by atoms with Gasteiger partial charge in [-0.15, -0.1) is 0 Å². The topological polar surface area (TPSA) is 88.0 Å². The van der Waals surface area contributed by atoms with E-state index in [-0.39, 0.29) is 11.7 Å². The SMILES string of the molecule is CC/C(=C(\ON)c1c(C2CC2)cccc1-n1nnn(C)c1=O)c1cccc(C(F)(F)F)c1. The molecule has 2 N–H and O–H groups in total. The number of tetrazole rings is 1. The minimum Gasteiger partial charge on any atom is -0.410 e. The first-order chi connectivity index (χ1) is 15.3. The molecule has 0 atom stereocenters. The molecule has 1 aliphatic carbocycles. The maximum absolute atomic E-state index is 13.3. The third-order valence-electron chi connectivity index (χ3n) is 5.55. The minimum atomic E-state index is -4.48. The van der Waals surface area contributed by atoms with Crippen LogP contribution in [-0.2, 0) is 18.1 Å². The third kappa shape index (κ3) is 3.93. The summed E-state index contributed by atoms with van der Waals surface area (Å²) in [4.78, 5) is 17.9. The number of rotatable bonds is 6. The maximum Gasteiger partial charge on any atom is 0.416 e. The van der Waals surface area contributed by atoms with Gasteiger partial charge in [0.25, 0.3) is 0 Å². The predicted molar refractivity (Wildman–Crippen MR) is 112 cm³/mol.